The summed E-state index contributed by atoms with van der Waals surface area (Å²) in [5, 5.41) is 2.85. The molecular formula is C23H48N2O2. The van der Waals surface area contributed by atoms with Gasteiger partial charge in [-0.15, -0.1) is 0 Å². The van der Waals surface area contributed by atoms with Crippen LogP contribution in [0.4, 0.5) is 4.79 Å². The SMILES string of the molecule is CCCCCCCCCCCCCCC[C@@H](N)[C@H](C)NC(=O)OC(C)(C)C. The fraction of sp³-hybridized carbons (Fsp3) is 0.957. The van der Waals surface area contributed by atoms with E-state index in [4.69, 9.17) is 10.5 Å². The van der Waals surface area contributed by atoms with E-state index in [0.29, 0.717) is 0 Å². The van der Waals surface area contributed by atoms with Crippen molar-refractivity contribution in [3.63, 3.8) is 0 Å². The van der Waals surface area contributed by atoms with E-state index in [1.54, 1.807) is 0 Å². The van der Waals surface area contributed by atoms with Crippen LogP contribution in [0, 0.1) is 0 Å². The first-order valence-corrected chi connectivity index (χ1v) is 11.5. The smallest absolute Gasteiger partial charge is 0.407 e. The van der Waals surface area contributed by atoms with Gasteiger partial charge in [0, 0.05) is 12.1 Å². The van der Waals surface area contributed by atoms with Gasteiger partial charge in [-0.25, -0.2) is 4.79 Å². The minimum Gasteiger partial charge on any atom is -0.444 e. The van der Waals surface area contributed by atoms with Crippen molar-refractivity contribution in [2.24, 2.45) is 5.73 Å². The van der Waals surface area contributed by atoms with Crippen molar-refractivity contribution in [1.29, 1.82) is 0 Å². The molecule has 0 aromatic rings. The Kier molecular flexibility index (Phi) is 15.7. The van der Waals surface area contributed by atoms with Gasteiger partial charge in [0.05, 0.1) is 0 Å². The Morgan fingerprint density at radius 3 is 1.67 bits per heavy atom. The average Bonchev–Trinajstić information content (AvgIpc) is 2.57. The quantitative estimate of drug-likeness (QED) is 0.291. The molecule has 0 heterocycles. The second-order valence-electron chi connectivity index (χ2n) is 9.13. The van der Waals surface area contributed by atoms with Crippen LogP contribution in [0.1, 0.15) is 125 Å². The molecule has 4 nitrogen and oxygen atoms in total. The average molecular weight is 385 g/mol. The molecule has 27 heavy (non-hydrogen) atoms. The van der Waals surface area contributed by atoms with Crippen LogP contribution < -0.4 is 11.1 Å². The molecule has 0 unspecified atom stereocenters. The summed E-state index contributed by atoms with van der Waals surface area (Å²) < 4.78 is 5.28. The summed E-state index contributed by atoms with van der Waals surface area (Å²) in [5.74, 6) is 0. The number of hydrogen-bond donors (Lipinski definition) is 2. The van der Waals surface area contributed by atoms with E-state index < -0.39 is 5.60 Å². The maximum Gasteiger partial charge on any atom is 0.407 e. The predicted molar refractivity (Wildman–Crippen MR) is 117 cm³/mol. The topological polar surface area (TPSA) is 64.3 Å². The monoisotopic (exact) mass is 384 g/mol. The Morgan fingerprint density at radius 2 is 1.26 bits per heavy atom. The molecule has 0 aromatic heterocycles. The highest BCUT2D eigenvalue weighted by atomic mass is 16.6. The number of unbranched alkanes of at least 4 members (excludes halogenated alkanes) is 12. The second-order valence-corrected chi connectivity index (χ2v) is 9.13. The van der Waals surface area contributed by atoms with Gasteiger partial charge < -0.3 is 15.8 Å². The molecule has 0 rings (SSSR count). The molecule has 0 aliphatic carbocycles. The lowest BCUT2D eigenvalue weighted by atomic mass is 10.0. The minimum absolute atomic E-state index is 0.00905. The first kappa shape index (κ1) is 26.2. The molecule has 0 spiro atoms. The fourth-order valence-corrected chi connectivity index (χ4v) is 3.25. The molecule has 0 aliphatic heterocycles. The number of nitrogens with two attached hydrogens (primary N) is 1. The summed E-state index contributed by atoms with van der Waals surface area (Å²) in [4.78, 5) is 11.8. The van der Waals surface area contributed by atoms with Gasteiger partial charge >= 0.3 is 6.09 Å². The van der Waals surface area contributed by atoms with E-state index in [1.807, 2.05) is 27.7 Å². The van der Waals surface area contributed by atoms with E-state index in [1.165, 1.54) is 77.0 Å². The number of ether oxygens (including phenoxy) is 1. The molecular weight excluding hydrogens is 336 g/mol. The van der Waals surface area contributed by atoms with E-state index >= 15 is 0 Å². The van der Waals surface area contributed by atoms with Crippen LogP contribution >= 0.6 is 0 Å². The van der Waals surface area contributed by atoms with Gasteiger partial charge in [0.2, 0.25) is 0 Å². The summed E-state index contributed by atoms with van der Waals surface area (Å²) in [6.07, 6.45) is 18.2. The summed E-state index contributed by atoms with van der Waals surface area (Å²) in [6, 6.07) is -0.0672. The molecule has 0 fully saturated rings. The summed E-state index contributed by atoms with van der Waals surface area (Å²) >= 11 is 0. The Morgan fingerprint density at radius 1 is 0.852 bits per heavy atom. The van der Waals surface area contributed by atoms with Crippen molar-refractivity contribution in [2.45, 2.75) is 142 Å². The zero-order chi connectivity index (χ0) is 20.5. The van der Waals surface area contributed by atoms with Gasteiger partial charge in [0.25, 0.3) is 0 Å². The van der Waals surface area contributed by atoms with Crippen LogP contribution in [-0.2, 0) is 4.74 Å². The van der Waals surface area contributed by atoms with Crippen LogP contribution in [-0.4, -0.2) is 23.8 Å². The lowest BCUT2D eigenvalue weighted by Crippen LogP contribution is -2.47. The molecule has 0 aromatic carbocycles. The zero-order valence-corrected chi connectivity index (χ0v) is 18.9. The third-order valence-electron chi connectivity index (χ3n) is 5.03. The van der Waals surface area contributed by atoms with Crippen LogP contribution in [0.5, 0.6) is 0 Å². The third kappa shape index (κ3) is 18.4. The molecule has 0 saturated carbocycles. The van der Waals surface area contributed by atoms with Crippen LogP contribution in [0.25, 0.3) is 0 Å². The Hall–Kier alpha value is -0.770. The van der Waals surface area contributed by atoms with Gasteiger partial charge in [-0.3, -0.25) is 0 Å². The van der Waals surface area contributed by atoms with Crippen LogP contribution in [0.3, 0.4) is 0 Å². The molecule has 0 aliphatic rings. The normalized spacial score (nSPS) is 14.0. The number of hydrogen-bond acceptors (Lipinski definition) is 3. The number of amides is 1. The maximum atomic E-state index is 11.8. The Bertz CT molecular complexity index is 353. The number of carbonyl (C=O) groups excluding carboxylic acids is 1. The van der Waals surface area contributed by atoms with E-state index in [2.05, 4.69) is 12.2 Å². The minimum atomic E-state index is -0.469. The molecule has 3 N–H and O–H groups in total. The lowest BCUT2D eigenvalue weighted by molar-refractivity contribution is 0.0500. The first-order valence-electron chi connectivity index (χ1n) is 11.5. The summed E-state index contributed by atoms with van der Waals surface area (Å²) in [7, 11) is 0. The van der Waals surface area contributed by atoms with Crippen molar-refractivity contribution in [2.75, 3.05) is 0 Å². The molecule has 1 amide bonds. The van der Waals surface area contributed by atoms with E-state index in [9.17, 15) is 4.79 Å². The van der Waals surface area contributed by atoms with Crippen molar-refractivity contribution < 1.29 is 9.53 Å². The third-order valence-corrected chi connectivity index (χ3v) is 5.03. The molecule has 0 bridgehead atoms. The van der Waals surface area contributed by atoms with E-state index in [0.717, 1.165) is 12.8 Å². The highest BCUT2D eigenvalue weighted by Crippen LogP contribution is 2.14. The largest absolute Gasteiger partial charge is 0.444 e. The molecule has 0 radical (unpaired) electrons. The number of nitrogens with one attached hydrogen (secondary N) is 1. The van der Waals surface area contributed by atoms with Gasteiger partial charge in [0.1, 0.15) is 5.60 Å². The summed E-state index contributed by atoms with van der Waals surface area (Å²) in [5.41, 5.74) is 5.73. The van der Waals surface area contributed by atoms with Gasteiger partial charge in [0.15, 0.2) is 0 Å². The first-order chi connectivity index (χ1) is 12.8. The van der Waals surface area contributed by atoms with Gasteiger partial charge in [-0.2, -0.15) is 0 Å². The van der Waals surface area contributed by atoms with Crippen molar-refractivity contribution in [1.82, 2.24) is 5.32 Å². The Balaban J connectivity index is 3.47. The van der Waals surface area contributed by atoms with Crippen LogP contribution in [0.2, 0.25) is 0 Å². The molecule has 4 heteroatoms. The lowest BCUT2D eigenvalue weighted by Gasteiger charge is -2.24. The van der Waals surface area contributed by atoms with Crippen LogP contribution in [0.15, 0.2) is 0 Å². The standard InChI is InChI=1S/C23H48N2O2/c1-6-7-8-9-10-11-12-13-14-15-16-17-18-19-21(24)20(2)25-22(26)27-23(3,4)5/h20-21H,6-19,24H2,1-5H3,(H,25,26)/t20-,21+/m0/s1. The highest BCUT2D eigenvalue weighted by Gasteiger charge is 2.20. The summed E-state index contributed by atoms with van der Waals surface area (Å²) in [6.45, 7) is 9.83. The maximum absolute atomic E-state index is 11.8. The van der Waals surface area contributed by atoms with Crippen molar-refractivity contribution in [3.05, 3.63) is 0 Å². The second kappa shape index (κ2) is 16.2. The Labute approximate surface area is 169 Å². The van der Waals surface area contributed by atoms with Crippen molar-refractivity contribution in [3.8, 4) is 0 Å². The predicted octanol–water partition coefficient (Wildman–Crippen LogP) is 6.71. The molecule has 162 valence electrons. The molecule has 0 saturated heterocycles. The molecule has 2 atom stereocenters. The van der Waals surface area contributed by atoms with E-state index in [-0.39, 0.29) is 18.2 Å². The van der Waals surface area contributed by atoms with Gasteiger partial charge in [-0.1, -0.05) is 90.4 Å². The van der Waals surface area contributed by atoms with Gasteiger partial charge in [-0.05, 0) is 34.1 Å². The van der Waals surface area contributed by atoms with Crippen molar-refractivity contribution >= 4 is 6.09 Å². The number of rotatable bonds is 16. The zero-order valence-electron chi connectivity index (χ0n) is 18.9. The highest BCUT2D eigenvalue weighted by molar-refractivity contribution is 5.68. The number of alkyl carbamates (subject to hydrolysis) is 1. The number of carbonyl (C=O) groups is 1. The fourth-order valence-electron chi connectivity index (χ4n) is 3.25.